The van der Waals surface area contributed by atoms with Gasteiger partial charge in [-0.1, -0.05) is 6.92 Å². The molecule has 2 heterocycles. The number of halogens is 2. The molecule has 1 atom stereocenters. The van der Waals surface area contributed by atoms with Crippen molar-refractivity contribution >= 4 is 5.82 Å². The van der Waals surface area contributed by atoms with Gasteiger partial charge in [-0.3, -0.25) is 9.36 Å². The van der Waals surface area contributed by atoms with Crippen molar-refractivity contribution in [3.63, 3.8) is 0 Å². The van der Waals surface area contributed by atoms with E-state index in [2.05, 4.69) is 32.1 Å². The van der Waals surface area contributed by atoms with E-state index in [1.165, 1.54) is 29.9 Å². The standard InChI is InChI=1S/C19H25F2N5O3/c1-4-26-9-5-6-12(11-26)22-16-18(27)25(2)17(24-23-16)14-8-7-13(29-19(20)21)10-15(14)28-3/h7-8,10,12,19H,4-6,9,11H2,1-3H3,(H,22,23)/t12-/m1/s1. The van der Waals surface area contributed by atoms with Crippen LogP contribution in [0.15, 0.2) is 23.0 Å². The fourth-order valence-corrected chi connectivity index (χ4v) is 3.47. The summed E-state index contributed by atoms with van der Waals surface area (Å²) in [5, 5.41) is 11.5. The van der Waals surface area contributed by atoms with Crippen molar-refractivity contribution in [2.45, 2.75) is 32.4 Å². The van der Waals surface area contributed by atoms with E-state index in [4.69, 9.17) is 4.74 Å². The van der Waals surface area contributed by atoms with Crippen molar-refractivity contribution < 1.29 is 18.3 Å². The second-order valence-corrected chi connectivity index (χ2v) is 6.85. The number of hydrogen-bond donors (Lipinski definition) is 1. The van der Waals surface area contributed by atoms with Crippen LogP contribution in [-0.4, -0.2) is 59.1 Å². The molecule has 1 N–H and O–H groups in total. The van der Waals surface area contributed by atoms with Crippen LogP contribution in [0, 0.1) is 0 Å². The molecule has 0 aliphatic carbocycles. The van der Waals surface area contributed by atoms with Gasteiger partial charge in [-0.05, 0) is 38.1 Å². The highest BCUT2D eigenvalue weighted by Crippen LogP contribution is 2.32. The maximum absolute atomic E-state index is 12.8. The summed E-state index contributed by atoms with van der Waals surface area (Å²) in [6.45, 7) is 2.04. The van der Waals surface area contributed by atoms with E-state index in [-0.39, 0.29) is 34.7 Å². The molecular formula is C19H25F2N5O3. The van der Waals surface area contributed by atoms with Crippen molar-refractivity contribution in [1.29, 1.82) is 0 Å². The Hall–Kier alpha value is -2.75. The third-order valence-electron chi connectivity index (χ3n) is 5.00. The number of likely N-dealkylation sites (tertiary alicyclic amines) is 1. The maximum Gasteiger partial charge on any atom is 0.387 e. The quantitative estimate of drug-likeness (QED) is 0.752. The molecular weight excluding hydrogens is 384 g/mol. The molecule has 10 heteroatoms. The van der Waals surface area contributed by atoms with Crippen molar-refractivity contribution in [2.24, 2.45) is 7.05 Å². The van der Waals surface area contributed by atoms with Crippen LogP contribution >= 0.6 is 0 Å². The van der Waals surface area contributed by atoms with Crippen LogP contribution in [-0.2, 0) is 7.05 Å². The number of hydrogen-bond acceptors (Lipinski definition) is 7. The Labute approximate surface area is 167 Å². The van der Waals surface area contributed by atoms with Gasteiger partial charge < -0.3 is 19.7 Å². The van der Waals surface area contributed by atoms with Gasteiger partial charge in [0, 0.05) is 25.7 Å². The Morgan fingerprint density at radius 2 is 2.14 bits per heavy atom. The highest BCUT2D eigenvalue weighted by Gasteiger charge is 2.22. The third-order valence-corrected chi connectivity index (χ3v) is 5.00. The molecule has 0 spiro atoms. The van der Waals surface area contributed by atoms with Gasteiger partial charge in [-0.2, -0.15) is 8.78 Å². The molecule has 0 radical (unpaired) electrons. The molecule has 1 aliphatic rings. The molecule has 0 amide bonds. The first-order valence-corrected chi connectivity index (χ1v) is 9.48. The van der Waals surface area contributed by atoms with Crippen LogP contribution in [0.25, 0.3) is 11.4 Å². The van der Waals surface area contributed by atoms with Crippen LogP contribution in [0.1, 0.15) is 19.8 Å². The van der Waals surface area contributed by atoms with Crippen molar-refractivity contribution in [2.75, 3.05) is 32.1 Å². The Morgan fingerprint density at radius 3 is 2.83 bits per heavy atom. The van der Waals surface area contributed by atoms with Crippen LogP contribution in [0.3, 0.4) is 0 Å². The van der Waals surface area contributed by atoms with Gasteiger partial charge in [-0.25, -0.2) is 0 Å². The van der Waals surface area contributed by atoms with Gasteiger partial charge in [0.25, 0.3) is 5.56 Å². The largest absolute Gasteiger partial charge is 0.496 e. The summed E-state index contributed by atoms with van der Waals surface area (Å²) >= 11 is 0. The molecule has 29 heavy (non-hydrogen) atoms. The topological polar surface area (TPSA) is 81.5 Å². The van der Waals surface area contributed by atoms with E-state index < -0.39 is 6.61 Å². The van der Waals surface area contributed by atoms with Crippen LogP contribution in [0.5, 0.6) is 11.5 Å². The summed E-state index contributed by atoms with van der Waals surface area (Å²) in [4.78, 5) is 15.1. The van der Waals surface area contributed by atoms with Crippen LogP contribution in [0.2, 0.25) is 0 Å². The lowest BCUT2D eigenvalue weighted by molar-refractivity contribution is -0.0499. The highest BCUT2D eigenvalue weighted by molar-refractivity contribution is 5.66. The molecule has 3 rings (SSSR count). The number of alkyl halides is 2. The Kier molecular flexibility index (Phi) is 6.63. The van der Waals surface area contributed by atoms with E-state index in [9.17, 15) is 13.6 Å². The molecule has 2 aromatic rings. The van der Waals surface area contributed by atoms with E-state index in [1.807, 2.05) is 0 Å². The van der Waals surface area contributed by atoms with E-state index in [1.54, 1.807) is 7.05 Å². The zero-order chi connectivity index (χ0) is 21.0. The van der Waals surface area contributed by atoms with Gasteiger partial charge in [0.2, 0.25) is 5.82 Å². The SMILES string of the molecule is CCN1CCC[C@@H](Nc2nnc(-c3ccc(OC(F)F)cc3OC)n(C)c2=O)C1. The molecule has 1 aromatic carbocycles. The minimum absolute atomic E-state index is 0.0466. The highest BCUT2D eigenvalue weighted by atomic mass is 19.3. The molecule has 0 bridgehead atoms. The lowest BCUT2D eigenvalue weighted by Crippen LogP contribution is -2.43. The molecule has 158 valence electrons. The number of nitrogens with one attached hydrogen (secondary N) is 1. The summed E-state index contributed by atoms with van der Waals surface area (Å²) in [5.74, 6) is 0.657. The van der Waals surface area contributed by atoms with E-state index in [0.29, 0.717) is 5.56 Å². The molecule has 1 aliphatic heterocycles. The molecule has 1 aromatic heterocycles. The second kappa shape index (κ2) is 9.17. The lowest BCUT2D eigenvalue weighted by atomic mass is 10.1. The molecule has 1 saturated heterocycles. The average molecular weight is 409 g/mol. The predicted molar refractivity (Wildman–Crippen MR) is 105 cm³/mol. The average Bonchev–Trinajstić information content (AvgIpc) is 2.71. The number of anilines is 1. The Bertz CT molecular complexity index is 906. The number of piperidine rings is 1. The summed E-state index contributed by atoms with van der Waals surface area (Å²) in [6.07, 6.45) is 2.02. The predicted octanol–water partition coefficient (Wildman–Crippen LogP) is 2.35. The second-order valence-electron chi connectivity index (χ2n) is 6.85. The van der Waals surface area contributed by atoms with Gasteiger partial charge in [0.1, 0.15) is 11.5 Å². The lowest BCUT2D eigenvalue weighted by Gasteiger charge is -2.32. The van der Waals surface area contributed by atoms with E-state index >= 15 is 0 Å². The van der Waals surface area contributed by atoms with Crippen LogP contribution < -0.4 is 20.3 Å². The summed E-state index contributed by atoms with van der Waals surface area (Å²) < 4.78 is 35.9. The number of likely N-dealkylation sites (N-methyl/N-ethyl adjacent to an activating group) is 1. The fourth-order valence-electron chi connectivity index (χ4n) is 3.47. The minimum Gasteiger partial charge on any atom is -0.496 e. The number of aromatic nitrogens is 3. The molecule has 8 nitrogen and oxygen atoms in total. The Balaban J connectivity index is 1.87. The maximum atomic E-state index is 12.8. The number of nitrogens with zero attached hydrogens (tertiary/aromatic N) is 4. The molecule has 0 saturated carbocycles. The number of ether oxygens (including phenoxy) is 2. The monoisotopic (exact) mass is 409 g/mol. The minimum atomic E-state index is -2.94. The molecule has 1 fully saturated rings. The Morgan fingerprint density at radius 1 is 1.34 bits per heavy atom. The number of rotatable bonds is 7. The number of benzene rings is 1. The first kappa shape index (κ1) is 21.0. The third kappa shape index (κ3) is 4.81. The van der Waals surface area contributed by atoms with Gasteiger partial charge in [-0.15, -0.1) is 10.2 Å². The van der Waals surface area contributed by atoms with Gasteiger partial charge >= 0.3 is 6.61 Å². The van der Waals surface area contributed by atoms with E-state index in [0.717, 1.165) is 32.5 Å². The van der Waals surface area contributed by atoms with Gasteiger partial charge in [0.05, 0.1) is 12.7 Å². The van der Waals surface area contributed by atoms with Crippen LogP contribution in [0.4, 0.5) is 14.6 Å². The summed E-state index contributed by atoms with van der Waals surface area (Å²) in [6, 6.07) is 4.33. The summed E-state index contributed by atoms with van der Waals surface area (Å²) in [5.41, 5.74) is 0.126. The first-order chi connectivity index (χ1) is 13.9. The molecule has 0 unspecified atom stereocenters. The summed E-state index contributed by atoms with van der Waals surface area (Å²) in [7, 11) is 2.98. The first-order valence-electron chi connectivity index (χ1n) is 9.48. The zero-order valence-electron chi connectivity index (χ0n) is 16.7. The zero-order valence-corrected chi connectivity index (χ0v) is 16.7. The van der Waals surface area contributed by atoms with Crippen molar-refractivity contribution in [3.8, 4) is 22.9 Å². The van der Waals surface area contributed by atoms with Crippen molar-refractivity contribution in [1.82, 2.24) is 19.7 Å². The number of methoxy groups -OCH3 is 1. The van der Waals surface area contributed by atoms with Crippen molar-refractivity contribution in [3.05, 3.63) is 28.6 Å². The normalized spacial score (nSPS) is 17.4. The van der Waals surface area contributed by atoms with Gasteiger partial charge in [0.15, 0.2) is 5.82 Å². The fraction of sp³-hybridized carbons (Fsp3) is 0.526. The smallest absolute Gasteiger partial charge is 0.387 e.